The zero-order valence-corrected chi connectivity index (χ0v) is 12.8. The molecule has 0 aromatic heterocycles. The second-order valence-corrected chi connectivity index (χ2v) is 8.58. The number of benzene rings is 1. The van der Waals surface area contributed by atoms with Crippen LogP contribution in [-0.2, 0) is 15.6 Å². The maximum absolute atomic E-state index is 12.1. The van der Waals surface area contributed by atoms with E-state index in [0.717, 1.165) is 0 Å². The Bertz CT molecular complexity index is 570. The third kappa shape index (κ3) is 3.32. The molecule has 0 spiro atoms. The Balaban J connectivity index is 3.11. The monoisotopic (exact) mass is 334 g/mol. The van der Waals surface area contributed by atoms with E-state index in [9.17, 15) is 13.2 Å². The zero-order valence-electron chi connectivity index (χ0n) is 10.4. The molecular weight excluding hydrogens is 320 g/mol. The fourth-order valence-electron chi connectivity index (χ4n) is 1.22. The molecule has 0 aliphatic carbocycles. The molecule has 1 aromatic carbocycles. The number of aromatic carboxylic acids is 1. The first kappa shape index (κ1) is 15.2. The Morgan fingerprint density at radius 3 is 2.28 bits per heavy atom. The van der Waals surface area contributed by atoms with Crippen LogP contribution in [0, 0.1) is 0 Å². The molecule has 0 radical (unpaired) electrons. The maximum Gasteiger partial charge on any atom is 0.335 e. The van der Waals surface area contributed by atoms with E-state index in [1.54, 1.807) is 20.8 Å². The molecule has 6 heteroatoms. The Hall–Kier alpha value is -0.880. The fraction of sp³-hybridized carbons (Fsp3) is 0.417. The van der Waals surface area contributed by atoms with E-state index in [4.69, 9.17) is 5.11 Å². The van der Waals surface area contributed by atoms with Crippen LogP contribution in [0.3, 0.4) is 0 Å². The molecule has 4 nitrogen and oxygen atoms in total. The summed E-state index contributed by atoms with van der Waals surface area (Å²) in [5.74, 6) is -1.15. The van der Waals surface area contributed by atoms with Crippen molar-refractivity contribution in [2.45, 2.75) is 31.3 Å². The van der Waals surface area contributed by atoms with Crippen LogP contribution in [0.1, 0.15) is 36.7 Å². The first-order valence-electron chi connectivity index (χ1n) is 5.28. The quantitative estimate of drug-likeness (QED) is 0.922. The molecule has 1 rings (SSSR count). The lowest BCUT2D eigenvalue weighted by atomic mass is 10.1. The minimum absolute atomic E-state index is 0.114. The van der Waals surface area contributed by atoms with Crippen LogP contribution in [0.4, 0.5) is 0 Å². The number of hydrogen-bond donors (Lipinski definition) is 1. The molecule has 0 aliphatic rings. The van der Waals surface area contributed by atoms with Crippen molar-refractivity contribution in [3.8, 4) is 0 Å². The van der Waals surface area contributed by atoms with Gasteiger partial charge >= 0.3 is 5.97 Å². The van der Waals surface area contributed by atoms with E-state index in [1.807, 2.05) is 0 Å². The Morgan fingerprint density at radius 1 is 1.33 bits per heavy atom. The fourth-order valence-corrected chi connectivity index (χ4v) is 3.02. The normalized spacial score (nSPS) is 12.4. The van der Waals surface area contributed by atoms with Crippen molar-refractivity contribution < 1.29 is 18.3 Å². The number of hydrogen-bond acceptors (Lipinski definition) is 3. The van der Waals surface area contributed by atoms with Gasteiger partial charge in [0.15, 0.2) is 9.84 Å². The van der Waals surface area contributed by atoms with Crippen LogP contribution in [0.25, 0.3) is 0 Å². The Kier molecular flexibility index (Phi) is 4.23. The molecule has 0 saturated heterocycles. The van der Waals surface area contributed by atoms with Crippen molar-refractivity contribution >= 4 is 31.7 Å². The SMILES string of the molecule is CC(C)(C)S(=O)(=O)Cc1ccc(C(=O)O)cc1Br. The van der Waals surface area contributed by atoms with Crippen LogP contribution >= 0.6 is 15.9 Å². The molecule has 1 N–H and O–H groups in total. The average Bonchev–Trinajstić information content (AvgIpc) is 2.18. The van der Waals surface area contributed by atoms with E-state index in [1.165, 1.54) is 18.2 Å². The second kappa shape index (κ2) is 5.01. The average molecular weight is 335 g/mol. The largest absolute Gasteiger partial charge is 0.478 e. The molecule has 0 aliphatic heterocycles. The molecule has 0 bridgehead atoms. The summed E-state index contributed by atoms with van der Waals surface area (Å²) in [5, 5.41) is 8.82. The number of sulfone groups is 1. The molecule has 1 aromatic rings. The maximum atomic E-state index is 12.1. The third-order valence-electron chi connectivity index (χ3n) is 2.58. The van der Waals surface area contributed by atoms with E-state index in [0.29, 0.717) is 10.0 Å². The lowest BCUT2D eigenvalue weighted by molar-refractivity contribution is 0.0697. The van der Waals surface area contributed by atoms with Gasteiger partial charge < -0.3 is 5.11 Å². The molecular formula is C12H15BrO4S. The van der Waals surface area contributed by atoms with Crippen LogP contribution in [0.2, 0.25) is 0 Å². The summed E-state index contributed by atoms with van der Waals surface area (Å²) in [6.07, 6.45) is 0. The van der Waals surface area contributed by atoms with Crippen molar-refractivity contribution in [1.82, 2.24) is 0 Å². The first-order chi connectivity index (χ1) is 8.04. The summed E-state index contributed by atoms with van der Waals surface area (Å²) in [4.78, 5) is 10.8. The van der Waals surface area contributed by atoms with E-state index >= 15 is 0 Å². The van der Waals surface area contributed by atoms with Gasteiger partial charge in [-0.2, -0.15) is 0 Å². The summed E-state index contributed by atoms with van der Waals surface area (Å²) in [6.45, 7) is 4.92. The van der Waals surface area contributed by atoms with Crippen molar-refractivity contribution in [3.63, 3.8) is 0 Å². The number of carbonyl (C=O) groups is 1. The highest BCUT2D eigenvalue weighted by atomic mass is 79.9. The van der Waals surface area contributed by atoms with E-state index in [2.05, 4.69) is 15.9 Å². The van der Waals surface area contributed by atoms with Gasteiger partial charge in [0.25, 0.3) is 0 Å². The molecule has 100 valence electrons. The van der Waals surface area contributed by atoms with Crippen LogP contribution in [0.15, 0.2) is 22.7 Å². The smallest absolute Gasteiger partial charge is 0.335 e. The topological polar surface area (TPSA) is 71.4 Å². The van der Waals surface area contributed by atoms with Crippen LogP contribution < -0.4 is 0 Å². The summed E-state index contributed by atoms with van der Waals surface area (Å²) in [7, 11) is -3.28. The standard InChI is InChI=1S/C12H15BrO4S/c1-12(2,3)18(16,17)7-9-5-4-8(11(14)15)6-10(9)13/h4-6H,7H2,1-3H3,(H,14,15). The molecule has 0 amide bonds. The molecule has 0 heterocycles. The van der Waals surface area contributed by atoms with Crippen molar-refractivity contribution in [1.29, 1.82) is 0 Å². The summed E-state index contributed by atoms with van der Waals surface area (Å²) in [5.41, 5.74) is 0.689. The first-order valence-corrected chi connectivity index (χ1v) is 7.73. The third-order valence-corrected chi connectivity index (χ3v) is 5.87. The number of carboxylic acids is 1. The number of rotatable bonds is 3. The molecule has 18 heavy (non-hydrogen) atoms. The minimum atomic E-state index is -3.28. The number of halogens is 1. The van der Waals surface area contributed by atoms with Crippen molar-refractivity contribution in [2.75, 3.05) is 0 Å². The number of carboxylic acid groups (broad SMARTS) is 1. The predicted octanol–water partition coefficient (Wildman–Crippen LogP) is 2.86. The van der Waals surface area contributed by atoms with Crippen molar-refractivity contribution in [2.24, 2.45) is 0 Å². The van der Waals surface area contributed by atoms with Crippen molar-refractivity contribution in [3.05, 3.63) is 33.8 Å². The lowest BCUT2D eigenvalue weighted by Crippen LogP contribution is -2.29. The van der Waals surface area contributed by atoms with E-state index < -0.39 is 20.6 Å². The lowest BCUT2D eigenvalue weighted by Gasteiger charge is -2.19. The highest BCUT2D eigenvalue weighted by Crippen LogP contribution is 2.26. The summed E-state index contributed by atoms with van der Waals surface area (Å²) >= 11 is 3.21. The zero-order chi connectivity index (χ0) is 14.1. The van der Waals surface area contributed by atoms with Gasteiger partial charge in [0.1, 0.15) is 0 Å². The van der Waals surface area contributed by atoms with Gasteiger partial charge in [-0.25, -0.2) is 13.2 Å². The molecule has 0 saturated carbocycles. The Morgan fingerprint density at radius 2 is 1.89 bits per heavy atom. The van der Waals surface area contributed by atoms with Gasteiger partial charge in [-0.05, 0) is 38.5 Å². The van der Waals surface area contributed by atoms with Gasteiger partial charge in [0, 0.05) is 4.47 Å². The van der Waals surface area contributed by atoms with Gasteiger partial charge in [-0.3, -0.25) is 0 Å². The molecule has 0 atom stereocenters. The van der Waals surface area contributed by atoms with E-state index in [-0.39, 0.29) is 11.3 Å². The van der Waals surface area contributed by atoms with Crippen LogP contribution in [0.5, 0.6) is 0 Å². The predicted molar refractivity (Wildman–Crippen MR) is 73.5 cm³/mol. The van der Waals surface area contributed by atoms with Gasteiger partial charge in [-0.15, -0.1) is 0 Å². The van der Waals surface area contributed by atoms with Gasteiger partial charge in [0.2, 0.25) is 0 Å². The molecule has 0 unspecified atom stereocenters. The summed E-state index contributed by atoms with van der Waals surface area (Å²) in [6, 6.07) is 4.34. The highest BCUT2D eigenvalue weighted by Gasteiger charge is 2.29. The molecule has 0 fully saturated rings. The van der Waals surface area contributed by atoms with Gasteiger partial charge in [-0.1, -0.05) is 22.0 Å². The minimum Gasteiger partial charge on any atom is -0.478 e. The highest BCUT2D eigenvalue weighted by molar-refractivity contribution is 9.10. The Labute approximate surface area is 115 Å². The summed E-state index contributed by atoms with van der Waals surface area (Å²) < 4.78 is 23.8. The van der Waals surface area contributed by atoms with Gasteiger partial charge in [0.05, 0.1) is 16.1 Å². The second-order valence-electron chi connectivity index (χ2n) is 4.98. The van der Waals surface area contributed by atoms with Crippen LogP contribution in [-0.4, -0.2) is 24.2 Å².